The lowest BCUT2D eigenvalue weighted by Crippen LogP contribution is -2.56. The van der Waals surface area contributed by atoms with Gasteiger partial charge in [0.15, 0.2) is 5.96 Å². The average Bonchev–Trinajstić information content (AvgIpc) is 2.98. The Morgan fingerprint density at radius 2 is 2.00 bits per heavy atom. The van der Waals surface area contributed by atoms with Crippen molar-refractivity contribution in [2.45, 2.75) is 52.6 Å². The summed E-state index contributed by atoms with van der Waals surface area (Å²) in [5, 5.41) is 4.10. The maximum atomic E-state index is 14.4. The highest BCUT2D eigenvalue weighted by molar-refractivity contribution is 5.96. The molecule has 1 aliphatic heterocycles. The minimum Gasteiger partial charge on any atom is -0.497 e. The number of nitrogens with one attached hydrogen (secondary N) is 1. The van der Waals surface area contributed by atoms with Crippen LogP contribution in [0.4, 0.5) is 10.1 Å². The average molecular weight is 562 g/mol. The van der Waals surface area contributed by atoms with Crippen molar-refractivity contribution in [2.24, 2.45) is 28.2 Å². The van der Waals surface area contributed by atoms with E-state index in [9.17, 15) is 9.18 Å². The van der Waals surface area contributed by atoms with Gasteiger partial charge in [-0.3, -0.25) is 9.36 Å². The fourth-order valence-electron chi connectivity index (χ4n) is 7.04. The zero-order valence-corrected chi connectivity index (χ0v) is 24.4. The van der Waals surface area contributed by atoms with Crippen LogP contribution in [0.2, 0.25) is 0 Å². The molecule has 218 valence electrons. The molecule has 1 saturated heterocycles. The Balaban J connectivity index is 1.21. The number of anilines is 1. The summed E-state index contributed by atoms with van der Waals surface area (Å²) in [4.78, 5) is 25.4. The van der Waals surface area contributed by atoms with Gasteiger partial charge in [0.2, 0.25) is 0 Å². The van der Waals surface area contributed by atoms with Crippen molar-refractivity contribution in [1.82, 2.24) is 14.5 Å². The lowest BCUT2D eigenvalue weighted by atomic mass is 9.45. The van der Waals surface area contributed by atoms with Crippen molar-refractivity contribution in [2.75, 3.05) is 38.7 Å². The van der Waals surface area contributed by atoms with Crippen LogP contribution in [-0.2, 0) is 17.7 Å². The molecule has 7 rings (SSSR count). The van der Waals surface area contributed by atoms with Gasteiger partial charge in [-0.15, -0.1) is 0 Å². The predicted octanol–water partition coefficient (Wildman–Crippen LogP) is 4.96. The topological polar surface area (TPSA) is 81.0 Å². The van der Waals surface area contributed by atoms with Crippen LogP contribution in [0, 0.1) is 29.0 Å². The lowest BCUT2D eigenvalue weighted by Gasteiger charge is -2.61. The van der Waals surface area contributed by atoms with E-state index in [0.29, 0.717) is 71.7 Å². The Morgan fingerprint density at radius 1 is 1.20 bits per heavy atom. The van der Waals surface area contributed by atoms with E-state index in [1.54, 1.807) is 18.5 Å². The van der Waals surface area contributed by atoms with Crippen LogP contribution in [0.15, 0.2) is 52.5 Å². The number of fused-ring (bicyclic) bond motifs is 3. The Kier molecular flexibility index (Phi) is 7.49. The van der Waals surface area contributed by atoms with E-state index in [0.717, 1.165) is 37.1 Å². The molecule has 9 heteroatoms. The second kappa shape index (κ2) is 11.1. The molecule has 0 spiro atoms. The van der Waals surface area contributed by atoms with Gasteiger partial charge in [-0.2, -0.15) is 0 Å². The summed E-state index contributed by atoms with van der Waals surface area (Å²) < 4.78 is 26.6. The molecular weight excluding hydrogens is 521 g/mol. The van der Waals surface area contributed by atoms with E-state index >= 15 is 0 Å². The first-order chi connectivity index (χ1) is 19.7. The van der Waals surface area contributed by atoms with Crippen molar-refractivity contribution in [3.63, 3.8) is 0 Å². The summed E-state index contributed by atoms with van der Waals surface area (Å²) in [5.41, 5.74) is 2.26. The van der Waals surface area contributed by atoms with Crippen LogP contribution in [0.5, 0.6) is 5.75 Å². The number of guanidine groups is 1. The summed E-state index contributed by atoms with van der Waals surface area (Å²) in [6, 6.07) is 10.7. The van der Waals surface area contributed by atoms with Gasteiger partial charge in [-0.25, -0.2) is 14.4 Å². The summed E-state index contributed by atoms with van der Waals surface area (Å²) in [6.07, 6.45) is 4.37. The Morgan fingerprint density at radius 3 is 2.71 bits per heavy atom. The summed E-state index contributed by atoms with van der Waals surface area (Å²) in [7, 11) is 1.51. The van der Waals surface area contributed by atoms with Gasteiger partial charge in [0.25, 0.3) is 5.56 Å². The van der Waals surface area contributed by atoms with Gasteiger partial charge in [-0.05, 0) is 72.3 Å². The molecular formula is C32H40FN5O3. The first-order valence-corrected chi connectivity index (χ1v) is 14.7. The smallest absolute Gasteiger partial charge is 0.261 e. The second-order valence-corrected chi connectivity index (χ2v) is 12.4. The summed E-state index contributed by atoms with van der Waals surface area (Å²) in [5.74, 6) is 2.99. The van der Waals surface area contributed by atoms with E-state index < -0.39 is 0 Å². The van der Waals surface area contributed by atoms with Crippen LogP contribution in [0.3, 0.4) is 0 Å². The van der Waals surface area contributed by atoms with Gasteiger partial charge in [0.1, 0.15) is 11.6 Å². The van der Waals surface area contributed by atoms with Crippen LogP contribution >= 0.6 is 0 Å². The Labute approximate surface area is 240 Å². The quantitative estimate of drug-likeness (QED) is 0.339. The molecule has 3 saturated carbocycles. The highest BCUT2D eigenvalue weighted by Gasteiger charge is 2.56. The molecule has 1 N–H and O–H groups in total. The van der Waals surface area contributed by atoms with Crippen LogP contribution < -0.4 is 15.6 Å². The number of methoxy groups -OCH3 is 1. The molecule has 2 heterocycles. The van der Waals surface area contributed by atoms with E-state index in [2.05, 4.69) is 36.0 Å². The third kappa shape index (κ3) is 5.32. The maximum absolute atomic E-state index is 14.4. The molecule has 8 nitrogen and oxygen atoms in total. The zero-order valence-electron chi connectivity index (χ0n) is 24.4. The van der Waals surface area contributed by atoms with Gasteiger partial charge < -0.3 is 19.7 Å². The number of halogens is 1. The first-order valence-electron chi connectivity index (χ1n) is 14.7. The minimum atomic E-state index is -0.344. The molecule has 4 atom stereocenters. The molecule has 1 aromatic heterocycles. The van der Waals surface area contributed by atoms with Gasteiger partial charge >= 0.3 is 0 Å². The second-order valence-electron chi connectivity index (χ2n) is 12.4. The van der Waals surface area contributed by atoms with Gasteiger partial charge in [0.05, 0.1) is 43.6 Å². The number of hydrogen-bond acceptors (Lipinski definition) is 5. The number of benzene rings is 2. The number of morpholine rings is 1. The Bertz CT molecular complexity index is 1510. The molecule has 1 unspecified atom stereocenters. The number of aryl methyl sites for hydroxylation is 2. The van der Waals surface area contributed by atoms with E-state index in [4.69, 9.17) is 14.5 Å². The van der Waals surface area contributed by atoms with Crippen molar-refractivity contribution in [3.05, 3.63) is 64.5 Å². The number of ether oxygens (including phenoxy) is 2. The molecule has 0 amide bonds. The molecule has 3 aromatic rings. The molecule has 4 aliphatic rings. The third-order valence-corrected chi connectivity index (χ3v) is 9.88. The molecule has 4 fully saturated rings. The number of hydrogen-bond donors (Lipinski definition) is 1. The molecule has 41 heavy (non-hydrogen) atoms. The summed E-state index contributed by atoms with van der Waals surface area (Å²) in [6.45, 7) is 10.5. The molecule has 3 aliphatic carbocycles. The van der Waals surface area contributed by atoms with Crippen molar-refractivity contribution in [1.29, 1.82) is 0 Å². The monoisotopic (exact) mass is 561 g/mol. The molecule has 2 aromatic carbocycles. The minimum absolute atomic E-state index is 0.143. The fourth-order valence-corrected chi connectivity index (χ4v) is 7.04. The number of nitrogens with zero attached hydrogens (tertiary/aromatic N) is 4. The standard InChI is InChI=1S/C32H40FN5O3/c1-20-26-15-22(32(26,2)3)16-28(20)36-31(37-11-13-41-14-12-37)35-23-6-8-25-29(17-23)34-19-38(30(25)39)10-9-21-5-7-24(40-4)18-27(21)33/h5-8,17-20,22,26,28H,9-16H2,1-4H3,(H,35,36)/t20-,22-,26+,28?/m0/s1. The Hall–Kier alpha value is -3.46. The normalized spacial score (nSPS) is 25.6. The third-order valence-electron chi connectivity index (χ3n) is 9.88. The number of aliphatic imine (C=N–C) groups is 1. The molecule has 0 radical (unpaired) electrons. The highest BCUT2D eigenvalue weighted by Crippen LogP contribution is 2.61. The van der Waals surface area contributed by atoms with E-state index in [1.807, 2.05) is 18.2 Å². The van der Waals surface area contributed by atoms with E-state index in [-0.39, 0.29) is 11.4 Å². The van der Waals surface area contributed by atoms with Crippen LogP contribution in [-0.4, -0.2) is 59.9 Å². The zero-order chi connectivity index (χ0) is 28.7. The molecule has 2 bridgehead atoms. The maximum Gasteiger partial charge on any atom is 0.261 e. The number of rotatable bonds is 6. The lowest BCUT2D eigenvalue weighted by molar-refractivity contribution is -0.108. The predicted molar refractivity (Wildman–Crippen MR) is 159 cm³/mol. The number of aromatic nitrogens is 2. The van der Waals surface area contributed by atoms with Gasteiger partial charge in [0, 0.05) is 31.4 Å². The van der Waals surface area contributed by atoms with Gasteiger partial charge in [-0.1, -0.05) is 26.8 Å². The summed E-state index contributed by atoms with van der Waals surface area (Å²) >= 11 is 0. The SMILES string of the molecule is COc1ccc(CCn2cnc3cc(N/C(=N/C4C[C@@H]5C[C@H]([C@@H]4C)C5(C)C)N4CCOCC4)ccc3c2=O)c(F)c1. The fraction of sp³-hybridized carbons (Fsp3) is 0.531. The van der Waals surface area contributed by atoms with Crippen molar-refractivity contribution < 1.29 is 13.9 Å². The van der Waals surface area contributed by atoms with Crippen molar-refractivity contribution >= 4 is 22.5 Å². The van der Waals surface area contributed by atoms with Crippen molar-refractivity contribution in [3.8, 4) is 5.75 Å². The highest BCUT2D eigenvalue weighted by atomic mass is 19.1. The first kappa shape index (κ1) is 27.7. The van der Waals surface area contributed by atoms with Crippen LogP contribution in [0.25, 0.3) is 10.9 Å². The van der Waals surface area contributed by atoms with Crippen LogP contribution in [0.1, 0.15) is 39.2 Å². The van der Waals surface area contributed by atoms with E-state index in [1.165, 1.54) is 24.2 Å². The largest absolute Gasteiger partial charge is 0.497 e.